The number of amides is 2. The van der Waals surface area contributed by atoms with Crippen LogP contribution in [0.4, 0.5) is 4.79 Å². The molecule has 1 aliphatic heterocycles. The maximum absolute atomic E-state index is 12.8. The molecule has 1 heterocycles. The van der Waals surface area contributed by atoms with Gasteiger partial charge in [0.1, 0.15) is 11.0 Å². The van der Waals surface area contributed by atoms with Crippen LogP contribution in [0.25, 0.3) is 0 Å². The van der Waals surface area contributed by atoms with Crippen molar-refractivity contribution in [1.82, 2.24) is 4.90 Å². The number of rotatable bonds is 0. The van der Waals surface area contributed by atoms with Gasteiger partial charge in [-0.2, -0.15) is 0 Å². The molecule has 0 radical (unpaired) electrons. The Morgan fingerprint density at radius 1 is 1.29 bits per heavy atom. The summed E-state index contributed by atoms with van der Waals surface area (Å²) in [5.74, 6) is -0.0475. The SMILES string of the molecule is CC(C)(C)OC(=O)N1CC2=C[C@H]3C=C[C@@]2(/C=C\C=C/3)C1=O. The summed E-state index contributed by atoms with van der Waals surface area (Å²) in [6.07, 6.45) is 13.1. The van der Waals surface area contributed by atoms with Crippen LogP contribution in [0, 0.1) is 11.3 Å². The van der Waals surface area contributed by atoms with Gasteiger partial charge in [-0.15, -0.1) is 0 Å². The van der Waals surface area contributed by atoms with E-state index >= 15 is 0 Å². The Labute approximate surface area is 124 Å². The zero-order valence-corrected chi connectivity index (χ0v) is 12.5. The van der Waals surface area contributed by atoms with Gasteiger partial charge in [-0.3, -0.25) is 4.79 Å². The van der Waals surface area contributed by atoms with Crippen molar-refractivity contribution in [2.75, 3.05) is 6.54 Å². The fraction of sp³-hybridized carbons (Fsp3) is 0.412. The Morgan fingerprint density at radius 2 is 2.05 bits per heavy atom. The van der Waals surface area contributed by atoms with Crippen LogP contribution in [0.15, 0.2) is 48.1 Å². The number of hydrogen-bond acceptors (Lipinski definition) is 3. The molecule has 0 N–H and O–H groups in total. The molecule has 4 aliphatic rings. The second kappa shape index (κ2) is 4.45. The minimum atomic E-state index is -0.807. The van der Waals surface area contributed by atoms with Gasteiger partial charge in [0.2, 0.25) is 5.91 Å². The first-order chi connectivity index (χ1) is 9.82. The van der Waals surface area contributed by atoms with Crippen molar-refractivity contribution in [2.45, 2.75) is 26.4 Å². The molecule has 1 spiro atoms. The van der Waals surface area contributed by atoms with Crippen molar-refractivity contribution >= 4 is 12.0 Å². The fourth-order valence-electron chi connectivity index (χ4n) is 2.87. The molecular formula is C17H19NO3. The molecule has 4 heteroatoms. The van der Waals surface area contributed by atoms with E-state index in [0.29, 0.717) is 6.54 Å². The van der Waals surface area contributed by atoms with Gasteiger partial charge >= 0.3 is 6.09 Å². The van der Waals surface area contributed by atoms with E-state index in [1.165, 1.54) is 4.90 Å². The average Bonchev–Trinajstić information content (AvgIpc) is 2.61. The number of nitrogens with zero attached hydrogens (tertiary/aromatic N) is 1. The normalized spacial score (nSPS) is 33.1. The highest BCUT2D eigenvalue weighted by Gasteiger charge is 2.51. The van der Waals surface area contributed by atoms with Gasteiger partial charge < -0.3 is 4.74 Å². The lowest BCUT2D eigenvalue weighted by Crippen LogP contribution is -2.40. The van der Waals surface area contributed by atoms with Crippen LogP contribution >= 0.6 is 0 Å². The summed E-state index contributed by atoms with van der Waals surface area (Å²) in [5, 5.41) is 0. The van der Waals surface area contributed by atoms with Crippen LogP contribution in [0.2, 0.25) is 0 Å². The van der Waals surface area contributed by atoms with Crippen molar-refractivity contribution in [2.24, 2.45) is 11.3 Å². The molecule has 1 fully saturated rings. The highest BCUT2D eigenvalue weighted by molar-refractivity contribution is 6.03. The predicted molar refractivity (Wildman–Crippen MR) is 79.4 cm³/mol. The predicted octanol–water partition coefficient (Wildman–Crippen LogP) is 2.99. The van der Waals surface area contributed by atoms with Crippen LogP contribution in [-0.4, -0.2) is 29.0 Å². The zero-order valence-electron chi connectivity index (χ0n) is 12.5. The third-order valence-electron chi connectivity index (χ3n) is 3.85. The molecule has 0 saturated carbocycles. The second-order valence-electron chi connectivity index (χ2n) is 6.61. The van der Waals surface area contributed by atoms with Gasteiger partial charge in [-0.25, -0.2) is 9.69 Å². The standard InChI is InChI=1S/C17H19NO3/c1-16(2,3)21-15(20)18-11-13-10-12-6-4-5-8-17(13,9-7-12)14(18)19/h4-10,12H,11H2,1-3H3/b6-4-,8-5-/t12-,17-/m1/s1. The third-order valence-corrected chi connectivity index (χ3v) is 3.85. The molecule has 2 atom stereocenters. The van der Waals surface area contributed by atoms with Gasteiger partial charge in [-0.1, -0.05) is 42.5 Å². The number of fused-ring (bicyclic) bond motifs is 1. The minimum Gasteiger partial charge on any atom is -0.443 e. The largest absolute Gasteiger partial charge is 0.443 e. The average molecular weight is 285 g/mol. The maximum atomic E-state index is 12.8. The van der Waals surface area contributed by atoms with Crippen molar-refractivity contribution in [3.05, 3.63) is 48.1 Å². The summed E-state index contributed by atoms with van der Waals surface area (Å²) in [6, 6.07) is 0. The Morgan fingerprint density at radius 3 is 2.76 bits per heavy atom. The minimum absolute atomic E-state index is 0.185. The molecule has 21 heavy (non-hydrogen) atoms. The van der Waals surface area contributed by atoms with E-state index in [-0.39, 0.29) is 11.8 Å². The summed E-state index contributed by atoms with van der Waals surface area (Å²) in [5.41, 5.74) is -0.472. The summed E-state index contributed by atoms with van der Waals surface area (Å²) in [6.45, 7) is 5.68. The molecule has 4 rings (SSSR count). The number of carbonyl (C=O) groups is 2. The Kier molecular flexibility index (Phi) is 2.94. The fourth-order valence-corrected chi connectivity index (χ4v) is 2.87. The monoisotopic (exact) mass is 285 g/mol. The zero-order chi connectivity index (χ0) is 15.3. The topological polar surface area (TPSA) is 46.6 Å². The van der Waals surface area contributed by atoms with Gasteiger partial charge in [0.15, 0.2) is 0 Å². The Hall–Kier alpha value is -2.10. The highest BCUT2D eigenvalue weighted by atomic mass is 16.6. The first kappa shape index (κ1) is 13.9. The van der Waals surface area contributed by atoms with Gasteiger partial charge in [0, 0.05) is 5.92 Å². The molecule has 2 bridgehead atoms. The first-order valence-corrected chi connectivity index (χ1v) is 7.13. The lowest BCUT2D eigenvalue weighted by molar-refractivity contribution is -0.131. The van der Waals surface area contributed by atoms with E-state index in [0.717, 1.165) is 5.57 Å². The van der Waals surface area contributed by atoms with Crippen molar-refractivity contribution in [3.8, 4) is 0 Å². The Bertz CT molecular complexity index is 618. The van der Waals surface area contributed by atoms with Gasteiger partial charge in [0.25, 0.3) is 0 Å². The molecule has 0 aromatic rings. The van der Waals surface area contributed by atoms with E-state index < -0.39 is 17.1 Å². The van der Waals surface area contributed by atoms with Crippen molar-refractivity contribution in [1.29, 1.82) is 0 Å². The van der Waals surface area contributed by atoms with E-state index in [9.17, 15) is 9.59 Å². The lowest BCUT2D eigenvalue weighted by Gasteiger charge is -2.27. The van der Waals surface area contributed by atoms with Crippen LogP contribution in [-0.2, 0) is 9.53 Å². The summed E-state index contributed by atoms with van der Waals surface area (Å²) < 4.78 is 5.34. The van der Waals surface area contributed by atoms with E-state index in [1.807, 2.05) is 30.4 Å². The van der Waals surface area contributed by atoms with Crippen molar-refractivity contribution < 1.29 is 14.3 Å². The van der Waals surface area contributed by atoms with Crippen LogP contribution in [0.1, 0.15) is 20.8 Å². The molecule has 0 aromatic heterocycles. The summed E-state index contributed by atoms with van der Waals surface area (Å²) >= 11 is 0. The van der Waals surface area contributed by atoms with Crippen LogP contribution in [0.5, 0.6) is 0 Å². The van der Waals surface area contributed by atoms with E-state index in [2.05, 4.69) is 12.2 Å². The van der Waals surface area contributed by atoms with Gasteiger partial charge in [-0.05, 0) is 26.3 Å². The first-order valence-electron chi connectivity index (χ1n) is 7.13. The van der Waals surface area contributed by atoms with Crippen LogP contribution in [0.3, 0.4) is 0 Å². The number of ether oxygens (including phenoxy) is 1. The molecule has 3 aliphatic carbocycles. The smallest absolute Gasteiger partial charge is 0.417 e. The molecule has 110 valence electrons. The highest BCUT2D eigenvalue weighted by Crippen LogP contribution is 2.44. The maximum Gasteiger partial charge on any atom is 0.417 e. The molecule has 4 nitrogen and oxygen atoms in total. The number of allylic oxidation sites excluding steroid dienone is 5. The number of hydrogen-bond donors (Lipinski definition) is 0. The number of likely N-dealkylation sites (tertiary alicyclic amines) is 1. The Balaban J connectivity index is 1.94. The molecule has 2 amide bonds. The lowest BCUT2D eigenvalue weighted by atomic mass is 9.75. The number of imide groups is 1. The quantitative estimate of drug-likeness (QED) is 0.643. The van der Waals surface area contributed by atoms with E-state index in [4.69, 9.17) is 4.74 Å². The molecule has 1 saturated heterocycles. The molecule has 0 aromatic carbocycles. The summed E-state index contributed by atoms with van der Waals surface area (Å²) in [7, 11) is 0. The number of carbonyl (C=O) groups excluding carboxylic acids is 2. The molecular weight excluding hydrogens is 266 g/mol. The van der Waals surface area contributed by atoms with Crippen LogP contribution < -0.4 is 0 Å². The second-order valence-corrected chi connectivity index (χ2v) is 6.61. The van der Waals surface area contributed by atoms with E-state index in [1.54, 1.807) is 20.8 Å². The van der Waals surface area contributed by atoms with Gasteiger partial charge in [0.05, 0.1) is 6.54 Å². The molecule has 0 unspecified atom stereocenters. The van der Waals surface area contributed by atoms with Crippen molar-refractivity contribution in [3.63, 3.8) is 0 Å². The third kappa shape index (κ3) is 2.24. The summed E-state index contributed by atoms with van der Waals surface area (Å²) in [4.78, 5) is 26.2.